The number of ether oxygens (including phenoxy) is 1. The van der Waals surface area contributed by atoms with Crippen LogP contribution < -0.4 is 9.64 Å². The summed E-state index contributed by atoms with van der Waals surface area (Å²) in [6, 6.07) is 15.5. The van der Waals surface area contributed by atoms with E-state index >= 15 is 0 Å². The Kier molecular flexibility index (Phi) is 6.28. The lowest BCUT2D eigenvalue weighted by Gasteiger charge is -2.22. The molecule has 0 amide bonds. The molecule has 2 aromatic rings. The zero-order chi connectivity index (χ0) is 17.5. The molecule has 24 heavy (non-hydrogen) atoms. The summed E-state index contributed by atoms with van der Waals surface area (Å²) >= 11 is 5.91. The lowest BCUT2D eigenvalue weighted by molar-refractivity contribution is 0.414. The van der Waals surface area contributed by atoms with Gasteiger partial charge in [-0.3, -0.25) is 0 Å². The van der Waals surface area contributed by atoms with E-state index < -0.39 is 0 Å². The number of hydrogen-bond donors (Lipinski definition) is 0. The van der Waals surface area contributed by atoms with E-state index in [1.165, 1.54) is 0 Å². The molecule has 0 aliphatic carbocycles. The van der Waals surface area contributed by atoms with E-state index in [2.05, 4.69) is 30.9 Å². The van der Waals surface area contributed by atoms with E-state index in [1.54, 1.807) is 19.2 Å². The van der Waals surface area contributed by atoms with Crippen LogP contribution in [0.1, 0.15) is 25.0 Å². The van der Waals surface area contributed by atoms with Crippen LogP contribution in [-0.2, 0) is 0 Å². The Morgan fingerprint density at radius 1 is 1.17 bits per heavy atom. The van der Waals surface area contributed by atoms with E-state index in [0.29, 0.717) is 10.6 Å². The molecule has 0 saturated heterocycles. The van der Waals surface area contributed by atoms with Crippen molar-refractivity contribution in [3.8, 4) is 11.8 Å². The summed E-state index contributed by atoms with van der Waals surface area (Å²) in [6.45, 7) is 6.11. The topological polar surface area (TPSA) is 36.3 Å². The SMILES string of the molecule is CCN(CC)c1ccc(/C=C(/C#N)c2ccc(Cl)cc2)c(OC)c1. The summed E-state index contributed by atoms with van der Waals surface area (Å²) in [5.41, 5.74) is 3.39. The second kappa shape index (κ2) is 8.42. The molecule has 124 valence electrons. The fourth-order valence-electron chi connectivity index (χ4n) is 2.57. The van der Waals surface area contributed by atoms with Crippen LogP contribution in [0.4, 0.5) is 5.69 Å². The van der Waals surface area contributed by atoms with Gasteiger partial charge >= 0.3 is 0 Å². The first-order valence-corrected chi connectivity index (χ1v) is 8.31. The lowest BCUT2D eigenvalue weighted by atomic mass is 10.0. The van der Waals surface area contributed by atoms with Gasteiger partial charge in [-0.15, -0.1) is 0 Å². The average Bonchev–Trinajstić information content (AvgIpc) is 2.62. The van der Waals surface area contributed by atoms with Crippen molar-refractivity contribution >= 4 is 28.9 Å². The van der Waals surface area contributed by atoms with Crippen molar-refractivity contribution in [1.82, 2.24) is 0 Å². The van der Waals surface area contributed by atoms with Gasteiger partial charge in [0.05, 0.1) is 18.8 Å². The van der Waals surface area contributed by atoms with Gasteiger partial charge in [-0.05, 0) is 49.8 Å². The van der Waals surface area contributed by atoms with E-state index in [-0.39, 0.29) is 0 Å². The van der Waals surface area contributed by atoms with Gasteiger partial charge in [-0.25, -0.2) is 0 Å². The predicted octanol–water partition coefficient (Wildman–Crippen LogP) is 5.26. The van der Waals surface area contributed by atoms with Crippen LogP contribution in [0.15, 0.2) is 42.5 Å². The van der Waals surface area contributed by atoms with Crippen LogP contribution >= 0.6 is 11.6 Å². The number of benzene rings is 2. The standard InChI is InChI=1S/C20H21ClN2O/c1-4-23(5-2)19-11-8-16(20(13-19)24-3)12-17(14-22)15-6-9-18(21)10-7-15/h6-13H,4-5H2,1-3H3/b17-12-. The predicted molar refractivity (Wildman–Crippen MR) is 101 cm³/mol. The van der Waals surface area contributed by atoms with Crippen molar-refractivity contribution < 1.29 is 4.74 Å². The molecule has 0 aliphatic rings. The number of nitrogens with zero attached hydrogens (tertiary/aromatic N) is 2. The molecule has 0 spiro atoms. The number of rotatable bonds is 6. The van der Waals surface area contributed by atoms with Gasteiger partial charge in [0.15, 0.2) is 0 Å². The Morgan fingerprint density at radius 2 is 1.83 bits per heavy atom. The number of methoxy groups -OCH3 is 1. The van der Waals surface area contributed by atoms with Gasteiger partial charge in [0, 0.05) is 35.4 Å². The maximum Gasteiger partial charge on any atom is 0.128 e. The molecular weight excluding hydrogens is 320 g/mol. The Bertz CT molecular complexity index is 756. The summed E-state index contributed by atoms with van der Waals surface area (Å²) in [4.78, 5) is 2.25. The molecule has 0 aliphatic heterocycles. The largest absolute Gasteiger partial charge is 0.496 e. The minimum atomic E-state index is 0.570. The third-order valence-electron chi connectivity index (χ3n) is 3.92. The lowest BCUT2D eigenvalue weighted by Crippen LogP contribution is -2.21. The van der Waals surface area contributed by atoms with Crippen LogP contribution in [0.5, 0.6) is 5.75 Å². The van der Waals surface area contributed by atoms with Crippen molar-refractivity contribution in [2.75, 3.05) is 25.1 Å². The molecule has 0 radical (unpaired) electrons. The highest BCUT2D eigenvalue weighted by molar-refractivity contribution is 6.30. The number of nitriles is 1. The molecule has 2 rings (SSSR count). The number of halogens is 1. The van der Waals surface area contributed by atoms with Crippen molar-refractivity contribution in [2.45, 2.75) is 13.8 Å². The monoisotopic (exact) mass is 340 g/mol. The van der Waals surface area contributed by atoms with Crippen molar-refractivity contribution in [3.05, 3.63) is 58.6 Å². The van der Waals surface area contributed by atoms with Crippen LogP contribution in [0.25, 0.3) is 11.6 Å². The van der Waals surface area contributed by atoms with Crippen molar-refractivity contribution in [2.24, 2.45) is 0 Å². The molecular formula is C20H21ClN2O. The van der Waals surface area contributed by atoms with Crippen LogP contribution in [0, 0.1) is 11.3 Å². The molecule has 4 heteroatoms. The van der Waals surface area contributed by atoms with Gasteiger partial charge in [-0.1, -0.05) is 23.7 Å². The quantitative estimate of drug-likeness (QED) is 0.531. The third-order valence-corrected chi connectivity index (χ3v) is 4.17. The Balaban J connectivity index is 2.43. The molecule has 3 nitrogen and oxygen atoms in total. The Labute approximate surface area is 148 Å². The third kappa shape index (κ3) is 4.10. The highest BCUT2D eigenvalue weighted by Crippen LogP contribution is 2.29. The fraction of sp³-hybridized carbons (Fsp3) is 0.250. The van der Waals surface area contributed by atoms with E-state index in [0.717, 1.165) is 35.7 Å². The maximum absolute atomic E-state index is 9.49. The minimum absolute atomic E-state index is 0.570. The normalized spacial score (nSPS) is 11.0. The number of allylic oxidation sites excluding steroid dienone is 1. The summed E-state index contributed by atoms with van der Waals surface area (Å²) in [5, 5.41) is 10.1. The fourth-order valence-corrected chi connectivity index (χ4v) is 2.70. The van der Waals surface area contributed by atoms with Crippen molar-refractivity contribution in [3.63, 3.8) is 0 Å². The summed E-state index contributed by atoms with van der Waals surface area (Å²) in [6.07, 6.45) is 1.84. The molecule has 0 atom stereocenters. The zero-order valence-electron chi connectivity index (χ0n) is 14.2. The second-order valence-corrected chi connectivity index (χ2v) is 5.71. The summed E-state index contributed by atoms with van der Waals surface area (Å²) in [5.74, 6) is 0.751. The Hall–Kier alpha value is -2.44. The van der Waals surface area contributed by atoms with Gasteiger partial charge < -0.3 is 9.64 Å². The van der Waals surface area contributed by atoms with E-state index in [1.807, 2.05) is 30.3 Å². The second-order valence-electron chi connectivity index (χ2n) is 5.28. The van der Waals surface area contributed by atoms with E-state index in [4.69, 9.17) is 16.3 Å². The van der Waals surface area contributed by atoms with Gasteiger partial charge in [0.1, 0.15) is 5.75 Å². The summed E-state index contributed by atoms with van der Waals surface area (Å²) in [7, 11) is 1.65. The molecule has 0 heterocycles. The van der Waals surface area contributed by atoms with Gasteiger partial charge in [0.2, 0.25) is 0 Å². The molecule has 0 aromatic heterocycles. The molecule has 0 unspecified atom stereocenters. The minimum Gasteiger partial charge on any atom is -0.496 e. The molecule has 0 fully saturated rings. The molecule has 0 saturated carbocycles. The molecule has 2 aromatic carbocycles. The first-order chi connectivity index (χ1) is 11.6. The van der Waals surface area contributed by atoms with Crippen LogP contribution in [0.3, 0.4) is 0 Å². The molecule has 0 N–H and O–H groups in total. The molecule has 0 bridgehead atoms. The summed E-state index contributed by atoms with van der Waals surface area (Å²) < 4.78 is 5.52. The zero-order valence-corrected chi connectivity index (χ0v) is 15.0. The van der Waals surface area contributed by atoms with Gasteiger partial charge in [-0.2, -0.15) is 5.26 Å². The maximum atomic E-state index is 9.49. The average molecular weight is 341 g/mol. The van der Waals surface area contributed by atoms with Crippen LogP contribution in [0.2, 0.25) is 5.02 Å². The first-order valence-electron chi connectivity index (χ1n) is 7.93. The van der Waals surface area contributed by atoms with Crippen LogP contribution in [-0.4, -0.2) is 20.2 Å². The smallest absolute Gasteiger partial charge is 0.128 e. The highest BCUT2D eigenvalue weighted by Gasteiger charge is 2.09. The van der Waals surface area contributed by atoms with E-state index in [9.17, 15) is 5.26 Å². The Morgan fingerprint density at radius 3 is 2.38 bits per heavy atom. The number of hydrogen-bond acceptors (Lipinski definition) is 3. The highest BCUT2D eigenvalue weighted by atomic mass is 35.5. The van der Waals surface area contributed by atoms with Gasteiger partial charge in [0.25, 0.3) is 0 Å². The first kappa shape index (κ1) is 17.9. The number of anilines is 1. The van der Waals surface area contributed by atoms with Crippen molar-refractivity contribution in [1.29, 1.82) is 5.26 Å².